The van der Waals surface area contributed by atoms with Gasteiger partial charge < -0.3 is 15.4 Å². The Bertz CT molecular complexity index is 450. The molecule has 4 nitrogen and oxygen atoms in total. The third-order valence-electron chi connectivity index (χ3n) is 2.14. The molecular weight excluding hydrogens is 260 g/mol. The number of hydrogen-bond acceptors (Lipinski definition) is 3. The maximum atomic E-state index is 11.5. The Hall–Kier alpha value is -1.62. The summed E-state index contributed by atoms with van der Waals surface area (Å²) < 4.78 is 4.92. The van der Waals surface area contributed by atoms with Crippen molar-refractivity contribution in [2.24, 2.45) is 0 Å². The van der Waals surface area contributed by atoms with Crippen LogP contribution in [0.1, 0.15) is 38.1 Å². The lowest BCUT2D eigenvalue weighted by molar-refractivity contribution is 0.0526. The second-order valence-corrected chi connectivity index (χ2v) is 5.54. The van der Waals surface area contributed by atoms with E-state index in [-0.39, 0.29) is 11.5 Å². The molecule has 0 heterocycles. The van der Waals surface area contributed by atoms with Crippen LogP contribution >= 0.6 is 12.2 Å². The van der Waals surface area contributed by atoms with E-state index in [2.05, 4.69) is 10.6 Å². The lowest BCUT2D eigenvalue weighted by atomic mass is 10.1. The summed E-state index contributed by atoms with van der Waals surface area (Å²) >= 11 is 5.20. The quantitative estimate of drug-likeness (QED) is 0.658. The van der Waals surface area contributed by atoms with Gasteiger partial charge in [-0.25, -0.2) is 4.79 Å². The van der Waals surface area contributed by atoms with Crippen molar-refractivity contribution in [2.75, 3.05) is 11.9 Å². The molecule has 1 aromatic carbocycles. The molecule has 0 saturated heterocycles. The zero-order valence-corrected chi connectivity index (χ0v) is 12.6. The van der Waals surface area contributed by atoms with E-state index in [9.17, 15) is 4.79 Å². The largest absolute Gasteiger partial charge is 0.462 e. The van der Waals surface area contributed by atoms with Crippen molar-refractivity contribution in [1.29, 1.82) is 0 Å². The number of carbonyl (C=O) groups excluding carboxylic acids is 1. The zero-order valence-electron chi connectivity index (χ0n) is 11.7. The third-order valence-corrected chi connectivity index (χ3v) is 2.35. The van der Waals surface area contributed by atoms with Gasteiger partial charge in [0.1, 0.15) is 0 Å². The fourth-order valence-electron chi connectivity index (χ4n) is 1.41. The summed E-state index contributed by atoms with van der Waals surface area (Å²) in [6.07, 6.45) is 0. The number of rotatable bonds is 3. The summed E-state index contributed by atoms with van der Waals surface area (Å²) in [6.45, 7) is 8.25. The SMILES string of the molecule is CCOC(=O)c1ccc(NC(=S)NC(C)(C)C)cc1. The number of hydrogen-bond donors (Lipinski definition) is 2. The number of thiocarbonyl (C=S) groups is 1. The van der Waals surface area contributed by atoms with E-state index in [0.717, 1.165) is 5.69 Å². The van der Waals surface area contributed by atoms with E-state index >= 15 is 0 Å². The molecule has 0 radical (unpaired) electrons. The molecule has 0 aromatic heterocycles. The topological polar surface area (TPSA) is 50.4 Å². The highest BCUT2D eigenvalue weighted by Crippen LogP contribution is 2.11. The molecule has 0 aliphatic rings. The van der Waals surface area contributed by atoms with Crippen LogP contribution in [0.5, 0.6) is 0 Å². The van der Waals surface area contributed by atoms with Gasteiger partial charge in [-0.1, -0.05) is 0 Å². The highest BCUT2D eigenvalue weighted by molar-refractivity contribution is 7.80. The lowest BCUT2D eigenvalue weighted by Crippen LogP contribution is -2.42. The number of ether oxygens (including phenoxy) is 1. The molecule has 0 bridgehead atoms. The molecule has 2 N–H and O–H groups in total. The molecule has 0 spiro atoms. The van der Waals surface area contributed by atoms with Gasteiger partial charge in [-0.2, -0.15) is 0 Å². The van der Waals surface area contributed by atoms with Gasteiger partial charge in [-0.3, -0.25) is 0 Å². The number of nitrogens with one attached hydrogen (secondary N) is 2. The molecule has 0 unspecified atom stereocenters. The van der Waals surface area contributed by atoms with Gasteiger partial charge in [0.25, 0.3) is 0 Å². The van der Waals surface area contributed by atoms with Gasteiger partial charge in [-0.15, -0.1) is 0 Å². The highest BCUT2D eigenvalue weighted by atomic mass is 32.1. The summed E-state index contributed by atoms with van der Waals surface area (Å²) in [5, 5.41) is 6.77. The molecule has 19 heavy (non-hydrogen) atoms. The number of esters is 1. The predicted octanol–water partition coefficient (Wildman–Crippen LogP) is 2.95. The zero-order chi connectivity index (χ0) is 14.5. The summed E-state index contributed by atoms with van der Waals surface area (Å²) in [5.41, 5.74) is 1.27. The Kier molecular flexibility index (Phi) is 5.30. The van der Waals surface area contributed by atoms with E-state index in [1.54, 1.807) is 31.2 Å². The van der Waals surface area contributed by atoms with Crippen LogP contribution in [-0.2, 0) is 4.74 Å². The van der Waals surface area contributed by atoms with Gasteiger partial charge in [0.2, 0.25) is 0 Å². The Morgan fingerprint density at radius 2 is 1.84 bits per heavy atom. The fourth-order valence-corrected chi connectivity index (χ4v) is 1.83. The van der Waals surface area contributed by atoms with Crippen molar-refractivity contribution in [3.8, 4) is 0 Å². The molecule has 0 aliphatic heterocycles. The van der Waals surface area contributed by atoms with Gasteiger partial charge in [0.15, 0.2) is 5.11 Å². The average molecular weight is 280 g/mol. The summed E-state index contributed by atoms with van der Waals surface area (Å²) in [4.78, 5) is 11.5. The van der Waals surface area contributed by atoms with Crippen molar-refractivity contribution in [3.05, 3.63) is 29.8 Å². The average Bonchev–Trinajstić information content (AvgIpc) is 2.27. The minimum atomic E-state index is -0.315. The smallest absolute Gasteiger partial charge is 0.338 e. The van der Waals surface area contributed by atoms with Gasteiger partial charge in [0.05, 0.1) is 12.2 Å². The third kappa shape index (κ3) is 5.70. The molecule has 0 fully saturated rings. The molecular formula is C14H20N2O2S. The minimum Gasteiger partial charge on any atom is -0.462 e. The first-order valence-electron chi connectivity index (χ1n) is 6.18. The normalized spacial score (nSPS) is 10.7. The Morgan fingerprint density at radius 3 is 2.32 bits per heavy atom. The van der Waals surface area contributed by atoms with Crippen molar-refractivity contribution in [3.63, 3.8) is 0 Å². The molecule has 0 saturated carbocycles. The Labute approximate surface area is 119 Å². The minimum absolute atomic E-state index is 0.0883. The Balaban J connectivity index is 2.62. The molecule has 1 aromatic rings. The summed E-state index contributed by atoms with van der Waals surface area (Å²) in [7, 11) is 0. The van der Waals surface area contributed by atoms with Gasteiger partial charge in [-0.05, 0) is 64.2 Å². The Morgan fingerprint density at radius 1 is 1.26 bits per heavy atom. The van der Waals surface area contributed by atoms with Gasteiger partial charge >= 0.3 is 5.97 Å². The summed E-state index contributed by atoms with van der Waals surface area (Å²) in [6, 6.07) is 7.01. The number of carbonyl (C=O) groups is 1. The first-order chi connectivity index (χ1) is 8.81. The van der Waals surface area contributed by atoms with Crippen LogP contribution in [0.25, 0.3) is 0 Å². The van der Waals surface area contributed by atoms with Crippen molar-refractivity contribution in [1.82, 2.24) is 5.32 Å². The molecule has 104 valence electrons. The van der Waals surface area contributed by atoms with E-state index in [4.69, 9.17) is 17.0 Å². The van der Waals surface area contributed by atoms with E-state index in [0.29, 0.717) is 17.3 Å². The maximum absolute atomic E-state index is 11.5. The second kappa shape index (κ2) is 6.52. The van der Waals surface area contributed by atoms with E-state index in [1.807, 2.05) is 20.8 Å². The van der Waals surface area contributed by atoms with Crippen LogP contribution in [-0.4, -0.2) is 23.2 Å². The van der Waals surface area contributed by atoms with E-state index < -0.39 is 0 Å². The standard InChI is InChI=1S/C14H20N2O2S/c1-5-18-12(17)10-6-8-11(9-7-10)15-13(19)16-14(2,3)4/h6-9H,5H2,1-4H3,(H2,15,16,19). The summed E-state index contributed by atoms with van der Waals surface area (Å²) in [5.74, 6) is -0.315. The maximum Gasteiger partial charge on any atom is 0.338 e. The monoisotopic (exact) mass is 280 g/mol. The predicted molar refractivity (Wildman–Crippen MR) is 81.5 cm³/mol. The van der Waals surface area contributed by atoms with Crippen LogP contribution in [0, 0.1) is 0 Å². The molecule has 5 heteroatoms. The molecule has 0 amide bonds. The van der Waals surface area contributed by atoms with Crippen LogP contribution in [0.2, 0.25) is 0 Å². The molecule has 0 atom stereocenters. The van der Waals surface area contributed by atoms with Crippen LogP contribution in [0.15, 0.2) is 24.3 Å². The van der Waals surface area contributed by atoms with Crippen LogP contribution in [0.3, 0.4) is 0 Å². The van der Waals surface area contributed by atoms with Crippen LogP contribution < -0.4 is 10.6 Å². The lowest BCUT2D eigenvalue weighted by Gasteiger charge is -2.23. The first kappa shape index (κ1) is 15.4. The van der Waals surface area contributed by atoms with Crippen molar-refractivity contribution < 1.29 is 9.53 Å². The first-order valence-corrected chi connectivity index (χ1v) is 6.59. The van der Waals surface area contributed by atoms with Gasteiger partial charge in [0, 0.05) is 11.2 Å². The highest BCUT2D eigenvalue weighted by Gasteiger charge is 2.11. The number of benzene rings is 1. The van der Waals surface area contributed by atoms with E-state index in [1.165, 1.54) is 0 Å². The second-order valence-electron chi connectivity index (χ2n) is 5.13. The fraction of sp³-hybridized carbons (Fsp3) is 0.429. The van der Waals surface area contributed by atoms with Crippen LogP contribution in [0.4, 0.5) is 5.69 Å². The molecule has 0 aliphatic carbocycles. The number of anilines is 1. The molecule has 1 rings (SSSR count). The van der Waals surface area contributed by atoms with Crippen molar-refractivity contribution >= 4 is 29.0 Å². The van der Waals surface area contributed by atoms with Crippen molar-refractivity contribution in [2.45, 2.75) is 33.2 Å².